The topological polar surface area (TPSA) is 66.8 Å². The van der Waals surface area contributed by atoms with E-state index in [2.05, 4.69) is 0 Å². The van der Waals surface area contributed by atoms with Crippen LogP contribution in [-0.2, 0) is 14.3 Å². The van der Waals surface area contributed by atoms with Crippen molar-refractivity contribution in [2.45, 2.75) is 38.8 Å². The van der Waals surface area contributed by atoms with Gasteiger partial charge >= 0.3 is 5.97 Å². The van der Waals surface area contributed by atoms with Crippen LogP contribution in [0.1, 0.15) is 26.7 Å². The summed E-state index contributed by atoms with van der Waals surface area (Å²) in [6.45, 7) is 4.84. The second kappa shape index (κ2) is 5.11. The lowest BCUT2D eigenvalue weighted by Gasteiger charge is -2.38. The summed E-state index contributed by atoms with van der Waals surface area (Å²) < 4.78 is 5.43. The van der Waals surface area contributed by atoms with Gasteiger partial charge in [-0.1, -0.05) is 6.92 Å². The molecule has 5 nitrogen and oxygen atoms in total. The number of hydrogen-bond donors (Lipinski definition) is 1. The zero-order valence-corrected chi connectivity index (χ0v) is 9.10. The molecule has 0 spiro atoms. The standard InChI is InChI=1S/C10H17NO4/c1-3-8-6-15-7(2)5-11(8)9(12)4-10(13)14/h7-8H,3-6H2,1-2H3,(H,13,14). The van der Waals surface area contributed by atoms with Crippen LogP contribution in [0, 0.1) is 0 Å². The van der Waals surface area contributed by atoms with Gasteiger partial charge < -0.3 is 14.7 Å². The highest BCUT2D eigenvalue weighted by Crippen LogP contribution is 2.15. The van der Waals surface area contributed by atoms with Gasteiger partial charge in [0.1, 0.15) is 6.42 Å². The molecule has 1 amide bonds. The quantitative estimate of drug-likeness (QED) is 0.696. The Morgan fingerprint density at radius 2 is 2.20 bits per heavy atom. The fraction of sp³-hybridized carbons (Fsp3) is 0.800. The van der Waals surface area contributed by atoms with E-state index in [4.69, 9.17) is 9.84 Å². The largest absolute Gasteiger partial charge is 0.481 e. The SMILES string of the molecule is CCC1COC(C)CN1C(=O)CC(=O)O. The van der Waals surface area contributed by atoms with Crippen molar-refractivity contribution in [1.82, 2.24) is 4.90 Å². The molecule has 2 unspecified atom stereocenters. The predicted molar refractivity (Wildman–Crippen MR) is 53.5 cm³/mol. The Labute approximate surface area is 89.0 Å². The van der Waals surface area contributed by atoms with Crippen LogP contribution < -0.4 is 0 Å². The molecule has 1 rings (SSSR count). The fourth-order valence-corrected chi connectivity index (χ4v) is 1.72. The molecule has 0 aromatic carbocycles. The van der Waals surface area contributed by atoms with Crippen molar-refractivity contribution >= 4 is 11.9 Å². The van der Waals surface area contributed by atoms with Gasteiger partial charge in [0.05, 0.1) is 18.8 Å². The summed E-state index contributed by atoms with van der Waals surface area (Å²) in [6, 6.07) is 0.0213. The third kappa shape index (κ3) is 3.20. The van der Waals surface area contributed by atoms with Crippen LogP contribution in [-0.4, -0.2) is 47.2 Å². The van der Waals surface area contributed by atoms with Crippen LogP contribution in [0.5, 0.6) is 0 Å². The number of carbonyl (C=O) groups excluding carboxylic acids is 1. The van der Waals surface area contributed by atoms with E-state index in [9.17, 15) is 9.59 Å². The van der Waals surface area contributed by atoms with Crippen molar-refractivity contribution < 1.29 is 19.4 Å². The molecule has 0 aromatic rings. The maximum atomic E-state index is 11.6. The average Bonchev–Trinajstić information content (AvgIpc) is 2.16. The molecule has 0 bridgehead atoms. The predicted octanol–water partition coefficient (Wildman–Crippen LogP) is 0.487. The molecule has 1 N–H and O–H groups in total. The molecule has 2 atom stereocenters. The first-order valence-electron chi connectivity index (χ1n) is 5.17. The molecule has 1 heterocycles. The van der Waals surface area contributed by atoms with Crippen molar-refractivity contribution in [2.75, 3.05) is 13.2 Å². The maximum Gasteiger partial charge on any atom is 0.312 e. The van der Waals surface area contributed by atoms with E-state index >= 15 is 0 Å². The average molecular weight is 215 g/mol. The van der Waals surface area contributed by atoms with Crippen LogP contribution in [0.2, 0.25) is 0 Å². The van der Waals surface area contributed by atoms with Gasteiger partial charge in [0, 0.05) is 6.54 Å². The van der Waals surface area contributed by atoms with Crippen LogP contribution in [0.15, 0.2) is 0 Å². The molecule has 5 heteroatoms. The van der Waals surface area contributed by atoms with Gasteiger partial charge in [0.25, 0.3) is 0 Å². The highest BCUT2D eigenvalue weighted by atomic mass is 16.5. The Morgan fingerprint density at radius 3 is 2.73 bits per heavy atom. The lowest BCUT2D eigenvalue weighted by molar-refractivity contribution is -0.151. The highest BCUT2D eigenvalue weighted by molar-refractivity contribution is 5.93. The summed E-state index contributed by atoms with van der Waals surface area (Å²) in [5.41, 5.74) is 0. The number of carboxylic acid groups (broad SMARTS) is 1. The molecule has 0 saturated carbocycles. The lowest BCUT2D eigenvalue weighted by Crippen LogP contribution is -2.51. The highest BCUT2D eigenvalue weighted by Gasteiger charge is 2.29. The van der Waals surface area contributed by atoms with Crippen molar-refractivity contribution in [3.63, 3.8) is 0 Å². The van der Waals surface area contributed by atoms with E-state index in [1.54, 1.807) is 4.90 Å². The lowest BCUT2D eigenvalue weighted by atomic mass is 10.1. The second-order valence-electron chi connectivity index (χ2n) is 3.82. The molecular formula is C10H17NO4. The molecule has 1 fully saturated rings. The first-order valence-corrected chi connectivity index (χ1v) is 5.17. The summed E-state index contributed by atoms with van der Waals surface area (Å²) in [7, 11) is 0. The number of carboxylic acids is 1. The Kier molecular flexibility index (Phi) is 4.08. The fourth-order valence-electron chi connectivity index (χ4n) is 1.72. The third-order valence-electron chi connectivity index (χ3n) is 2.56. The molecule has 1 aliphatic heterocycles. The van der Waals surface area contributed by atoms with Crippen molar-refractivity contribution in [3.05, 3.63) is 0 Å². The first-order chi connectivity index (χ1) is 7.04. The van der Waals surface area contributed by atoms with Crippen LogP contribution in [0.4, 0.5) is 0 Å². The first kappa shape index (κ1) is 12.0. The third-order valence-corrected chi connectivity index (χ3v) is 2.56. The van der Waals surface area contributed by atoms with E-state index in [0.717, 1.165) is 6.42 Å². The van der Waals surface area contributed by atoms with Crippen molar-refractivity contribution in [3.8, 4) is 0 Å². The summed E-state index contributed by atoms with van der Waals surface area (Å²) in [4.78, 5) is 23.7. The van der Waals surface area contributed by atoms with Crippen molar-refractivity contribution in [1.29, 1.82) is 0 Å². The van der Waals surface area contributed by atoms with Gasteiger partial charge in [0.2, 0.25) is 5.91 Å². The van der Waals surface area contributed by atoms with Crippen LogP contribution >= 0.6 is 0 Å². The number of hydrogen-bond acceptors (Lipinski definition) is 3. The van der Waals surface area contributed by atoms with Gasteiger partial charge in [0.15, 0.2) is 0 Å². The van der Waals surface area contributed by atoms with Gasteiger partial charge in [-0.3, -0.25) is 9.59 Å². The maximum absolute atomic E-state index is 11.6. The molecule has 0 radical (unpaired) electrons. The van der Waals surface area contributed by atoms with Gasteiger partial charge in [-0.05, 0) is 13.3 Å². The Morgan fingerprint density at radius 1 is 1.53 bits per heavy atom. The van der Waals surface area contributed by atoms with Crippen LogP contribution in [0.25, 0.3) is 0 Å². The molecule has 1 aliphatic rings. The number of carbonyl (C=O) groups is 2. The zero-order chi connectivity index (χ0) is 11.4. The van der Waals surface area contributed by atoms with Crippen molar-refractivity contribution in [2.24, 2.45) is 0 Å². The molecular weight excluding hydrogens is 198 g/mol. The number of ether oxygens (including phenoxy) is 1. The van der Waals surface area contributed by atoms with Crippen LogP contribution in [0.3, 0.4) is 0 Å². The Hall–Kier alpha value is -1.10. The molecule has 86 valence electrons. The van der Waals surface area contributed by atoms with E-state index in [0.29, 0.717) is 13.2 Å². The Bertz CT molecular complexity index is 254. The zero-order valence-electron chi connectivity index (χ0n) is 9.10. The van der Waals surface area contributed by atoms with E-state index < -0.39 is 12.4 Å². The normalized spacial score (nSPS) is 26.4. The number of amides is 1. The Balaban J connectivity index is 2.62. The molecule has 1 saturated heterocycles. The molecule has 0 aromatic heterocycles. The summed E-state index contributed by atoms with van der Waals surface area (Å²) in [6.07, 6.45) is 0.354. The minimum Gasteiger partial charge on any atom is -0.481 e. The monoisotopic (exact) mass is 215 g/mol. The second-order valence-corrected chi connectivity index (χ2v) is 3.82. The van der Waals surface area contributed by atoms with E-state index in [-0.39, 0.29) is 18.1 Å². The number of aliphatic carboxylic acids is 1. The van der Waals surface area contributed by atoms with E-state index in [1.165, 1.54) is 0 Å². The van der Waals surface area contributed by atoms with Gasteiger partial charge in [-0.15, -0.1) is 0 Å². The number of rotatable bonds is 3. The molecule has 0 aliphatic carbocycles. The minimum atomic E-state index is -1.08. The minimum absolute atomic E-state index is 0.00875. The van der Waals surface area contributed by atoms with Gasteiger partial charge in [-0.2, -0.15) is 0 Å². The summed E-state index contributed by atoms with van der Waals surface area (Å²) >= 11 is 0. The van der Waals surface area contributed by atoms with E-state index in [1.807, 2.05) is 13.8 Å². The smallest absolute Gasteiger partial charge is 0.312 e. The van der Waals surface area contributed by atoms with Gasteiger partial charge in [-0.25, -0.2) is 0 Å². The number of morpholine rings is 1. The number of nitrogens with zero attached hydrogens (tertiary/aromatic N) is 1. The summed E-state index contributed by atoms with van der Waals surface area (Å²) in [5, 5.41) is 8.56. The molecule has 15 heavy (non-hydrogen) atoms. The summed E-state index contributed by atoms with van der Waals surface area (Å²) in [5.74, 6) is -1.39.